The maximum Gasteiger partial charge on any atom is 0.384 e. The monoisotopic (exact) mass is 376 g/mol. The standard InChI is InChI=1S/C20H21N7O/c1-27-16(7-10-25-27)17(28)26-18(21)20(8-2-9-20)15-5-3-13(4-6-15)14-11-23-19(22)24-12-14/h3-7,10-12H,2,8-9H2,1H3,(H2,21,26,28)(H2,22,23,24)/p+1. The van der Waals surface area contributed by atoms with Crippen molar-refractivity contribution in [3.63, 3.8) is 0 Å². The van der Waals surface area contributed by atoms with Crippen LogP contribution in [0.1, 0.15) is 30.5 Å². The number of nitrogens with one attached hydrogen (secondary N) is 1. The lowest BCUT2D eigenvalue weighted by Crippen LogP contribution is -2.41. The molecule has 1 fully saturated rings. The molecule has 0 radical (unpaired) electrons. The molecule has 1 aliphatic carbocycles. The Balaban J connectivity index is 1.61. The first-order chi connectivity index (χ1) is 13.5. The average Bonchev–Trinajstić information content (AvgIpc) is 3.08. The minimum absolute atomic E-state index is 0.0620. The molecule has 4 rings (SSSR count). The van der Waals surface area contributed by atoms with Crippen LogP contribution in [0.3, 0.4) is 0 Å². The summed E-state index contributed by atoms with van der Waals surface area (Å²) in [5, 5.41) is 20.9. The summed E-state index contributed by atoms with van der Waals surface area (Å²) >= 11 is 0. The average molecular weight is 376 g/mol. The second-order valence-electron chi connectivity index (χ2n) is 6.99. The maximum atomic E-state index is 8.60. The van der Waals surface area contributed by atoms with E-state index in [0.29, 0.717) is 5.69 Å². The van der Waals surface area contributed by atoms with E-state index in [1.54, 1.807) is 36.4 Å². The fourth-order valence-electron chi connectivity index (χ4n) is 3.54. The number of aryl methyl sites for hydroxylation is 1. The molecule has 3 aromatic rings. The molecule has 0 spiro atoms. The zero-order valence-corrected chi connectivity index (χ0v) is 15.6. The van der Waals surface area contributed by atoms with Crippen LogP contribution in [0.15, 0.2) is 53.9 Å². The first-order valence-electron chi connectivity index (χ1n) is 9.06. The summed E-state index contributed by atoms with van der Waals surface area (Å²) in [7, 11) is 1.77. The van der Waals surface area contributed by atoms with Gasteiger partial charge < -0.3 is 10.8 Å². The van der Waals surface area contributed by atoms with E-state index in [0.717, 1.165) is 36.0 Å². The SMILES string of the molecule is Cn1nccc1C([OH2+])=NC(=N)C1(c2ccc(-c3cnc(N)nc3)cc2)CCC1. The van der Waals surface area contributed by atoms with Crippen LogP contribution in [-0.4, -0.2) is 36.6 Å². The molecule has 2 aromatic heterocycles. The summed E-state index contributed by atoms with van der Waals surface area (Å²) in [6, 6.07) is 9.80. The van der Waals surface area contributed by atoms with Crippen molar-refractivity contribution < 1.29 is 5.11 Å². The molecule has 142 valence electrons. The summed E-state index contributed by atoms with van der Waals surface area (Å²) < 4.78 is 1.59. The van der Waals surface area contributed by atoms with Gasteiger partial charge in [-0.3, -0.25) is 10.1 Å². The number of amidine groups is 1. The molecule has 8 nitrogen and oxygen atoms in total. The van der Waals surface area contributed by atoms with E-state index in [1.807, 2.05) is 24.3 Å². The van der Waals surface area contributed by atoms with Crippen molar-refractivity contribution in [3.05, 3.63) is 60.2 Å². The van der Waals surface area contributed by atoms with Gasteiger partial charge >= 0.3 is 5.90 Å². The van der Waals surface area contributed by atoms with Gasteiger partial charge in [-0.05, 0) is 30.0 Å². The summed E-state index contributed by atoms with van der Waals surface area (Å²) in [5.74, 6) is 0.542. The minimum atomic E-state index is -0.430. The lowest BCUT2D eigenvalue weighted by Gasteiger charge is -2.41. The van der Waals surface area contributed by atoms with Gasteiger partial charge in [-0.2, -0.15) is 5.10 Å². The molecule has 28 heavy (non-hydrogen) atoms. The molecule has 1 aromatic carbocycles. The van der Waals surface area contributed by atoms with Crippen LogP contribution in [0, 0.1) is 5.41 Å². The molecule has 0 saturated heterocycles. The van der Waals surface area contributed by atoms with Crippen molar-refractivity contribution in [2.75, 3.05) is 5.73 Å². The summed E-state index contributed by atoms with van der Waals surface area (Å²) in [5.41, 5.74) is 8.64. The van der Waals surface area contributed by atoms with E-state index < -0.39 is 5.41 Å². The first-order valence-corrected chi connectivity index (χ1v) is 9.06. The molecule has 8 heteroatoms. The summed E-state index contributed by atoms with van der Waals surface area (Å²) in [6.45, 7) is 0. The number of hydrogen-bond acceptors (Lipinski definition) is 5. The molecule has 1 aliphatic rings. The fraction of sp³-hybridized carbons (Fsp3) is 0.250. The largest absolute Gasteiger partial charge is 0.577 e. The molecule has 0 unspecified atom stereocenters. The zero-order chi connectivity index (χ0) is 19.7. The molecule has 2 heterocycles. The van der Waals surface area contributed by atoms with Crippen molar-refractivity contribution >= 4 is 17.7 Å². The van der Waals surface area contributed by atoms with Crippen LogP contribution >= 0.6 is 0 Å². The predicted octanol–water partition coefficient (Wildman–Crippen LogP) is 2.03. The zero-order valence-electron chi connectivity index (χ0n) is 15.6. The van der Waals surface area contributed by atoms with Crippen molar-refractivity contribution in [3.8, 4) is 11.1 Å². The number of aromatic nitrogens is 4. The Morgan fingerprint density at radius 1 is 1.14 bits per heavy atom. The van der Waals surface area contributed by atoms with Crippen LogP contribution < -0.4 is 5.73 Å². The van der Waals surface area contributed by atoms with Gasteiger partial charge in [-0.1, -0.05) is 30.7 Å². The van der Waals surface area contributed by atoms with Crippen molar-refractivity contribution in [1.82, 2.24) is 19.7 Å². The van der Waals surface area contributed by atoms with Gasteiger partial charge in [-0.15, -0.1) is 4.99 Å². The highest BCUT2D eigenvalue weighted by molar-refractivity contribution is 6.04. The van der Waals surface area contributed by atoms with Crippen LogP contribution in [0.25, 0.3) is 11.1 Å². The van der Waals surface area contributed by atoms with E-state index in [9.17, 15) is 0 Å². The van der Waals surface area contributed by atoms with Gasteiger partial charge in [0.05, 0.1) is 5.41 Å². The number of hydrogen-bond donors (Lipinski definition) is 2. The van der Waals surface area contributed by atoms with E-state index >= 15 is 0 Å². The number of benzene rings is 1. The van der Waals surface area contributed by atoms with Crippen LogP contribution in [0.2, 0.25) is 0 Å². The summed E-state index contributed by atoms with van der Waals surface area (Å²) in [4.78, 5) is 12.4. The van der Waals surface area contributed by atoms with Crippen LogP contribution in [0.4, 0.5) is 5.95 Å². The Hall–Kier alpha value is -3.55. The summed E-state index contributed by atoms with van der Waals surface area (Å²) in [6.07, 6.45) is 7.79. The van der Waals surface area contributed by atoms with Gasteiger partial charge in [0.2, 0.25) is 5.95 Å². The number of nitrogens with zero attached hydrogens (tertiary/aromatic N) is 5. The smallest absolute Gasteiger partial charge is 0.384 e. The Morgan fingerprint density at radius 2 is 1.82 bits per heavy atom. The Labute approximate surface area is 162 Å². The molecule has 5 N–H and O–H groups in total. The molecule has 0 atom stereocenters. The fourth-order valence-corrected chi connectivity index (χ4v) is 3.54. The topological polar surface area (TPSA) is 129 Å². The molecule has 0 amide bonds. The number of anilines is 1. The number of rotatable bonds is 4. The third-order valence-electron chi connectivity index (χ3n) is 5.39. The van der Waals surface area contributed by atoms with Crippen LogP contribution in [0.5, 0.6) is 0 Å². The van der Waals surface area contributed by atoms with Gasteiger partial charge in [0, 0.05) is 31.2 Å². The van der Waals surface area contributed by atoms with Crippen molar-refractivity contribution in [1.29, 1.82) is 5.41 Å². The van der Waals surface area contributed by atoms with Crippen molar-refractivity contribution in [2.24, 2.45) is 12.0 Å². The van der Waals surface area contributed by atoms with E-state index in [-0.39, 0.29) is 17.7 Å². The quantitative estimate of drug-likeness (QED) is 0.410. The molecule has 0 aliphatic heterocycles. The Morgan fingerprint density at radius 3 is 2.36 bits per heavy atom. The number of nitrogens with two attached hydrogens (primary N) is 1. The molecule has 1 saturated carbocycles. The Kier molecular flexibility index (Phi) is 4.38. The highest BCUT2D eigenvalue weighted by Gasteiger charge is 2.43. The van der Waals surface area contributed by atoms with E-state index in [1.165, 1.54) is 0 Å². The van der Waals surface area contributed by atoms with E-state index in [4.69, 9.17) is 16.2 Å². The first kappa shape index (κ1) is 17.8. The molecule has 0 bridgehead atoms. The number of nitrogen functional groups attached to an aromatic ring is 1. The van der Waals surface area contributed by atoms with Crippen molar-refractivity contribution in [2.45, 2.75) is 24.7 Å². The normalized spacial score (nSPS) is 15.8. The third-order valence-corrected chi connectivity index (χ3v) is 5.39. The van der Waals surface area contributed by atoms with Gasteiger partial charge in [0.1, 0.15) is 5.84 Å². The second kappa shape index (κ2) is 6.88. The highest BCUT2D eigenvalue weighted by Crippen LogP contribution is 2.45. The second-order valence-corrected chi connectivity index (χ2v) is 6.99. The van der Waals surface area contributed by atoms with Gasteiger partial charge in [-0.25, -0.2) is 9.97 Å². The highest BCUT2D eigenvalue weighted by atomic mass is 16.3. The lowest BCUT2D eigenvalue weighted by atomic mass is 9.63. The maximum absolute atomic E-state index is 8.60. The number of aliphatic imine (C=N–C) groups is 1. The van der Waals surface area contributed by atoms with Crippen LogP contribution in [-0.2, 0) is 12.5 Å². The minimum Gasteiger partial charge on any atom is -0.577 e. The Bertz CT molecular complexity index is 1030. The van der Waals surface area contributed by atoms with Gasteiger partial charge in [0.25, 0.3) is 0 Å². The predicted molar refractivity (Wildman–Crippen MR) is 108 cm³/mol. The van der Waals surface area contributed by atoms with Gasteiger partial charge in [0.15, 0.2) is 5.69 Å². The lowest BCUT2D eigenvalue weighted by molar-refractivity contribution is 0.336. The molecular formula is C20H22N7O+. The third kappa shape index (κ3) is 3.02. The van der Waals surface area contributed by atoms with E-state index in [2.05, 4.69) is 20.1 Å². The molecular weight excluding hydrogens is 354 g/mol.